The van der Waals surface area contributed by atoms with Crippen molar-refractivity contribution >= 4 is 23.3 Å². The standard InChI is InChI=1S/C25H26N2O6/c28-21-11-16(12-24(29)30)19-5-3-17(13-20(19)21)27-9-7-22(25(27)31)33-18-4-6-23(26-14-18)32-10-8-15-1-2-15/h3-6,13-16,22H,1-2,7-12H2,(H,29,30). The molecule has 172 valence electrons. The van der Waals surface area contributed by atoms with Crippen molar-refractivity contribution in [2.24, 2.45) is 5.92 Å². The molecule has 1 N–H and O–H groups in total. The maximum absolute atomic E-state index is 13.0. The van der Waals surface area contributed by atoms with Gasteiger partial charge in [0.15, 0.2) is 11.9 Å². The Balaban J connectivity index is 1.21. The summed E-state index contributed by atoms with van der Waals surface area (Å²) in [6.07, 6.45) is 5.22. The van der Waals surface area contributed by atoms with Crippen LogP contribution in [0.15, 0.2) is 36.5 Å². The van der Waals surface area contributed by atoms with Gasteiger partial charge in [0.1, 0.15) is 5.75 Å². The molecule has 0 bridgehead atoms. The fraction of sp³-hybridized carbons (Fsp3) is 0.440. The highest BCUT2D eigenvalue weighted by Gasteiger charge is 2.36. The predicted octanol–water partition coefficient (Wildman–Crippen LogP) is 3.59. The molecular weight excluding hydrogens is 424 g/mol. The molecule has 1 aromatic heterocycles. The van der Waals surface area contributed by atoms with E-state index in [9.17, 15) is 14.4 Å². The molecule has 2 atom stereocenters. The van der Waals surface area contributed by atoms with E-state index in [1.807, 2.05) is 0 Å². The molecule has 2 unspecified atom stereocenters. The Kier molecular flexibility index (Phi) is 5.74. The van der Waals surface area contributed by atoms with Crippen LogP contribution in [0.3, 0.4) is 0 Å². The first-order valence-electron chi connectivity index (χ1n) is 11.4. The number of carboxylic acids is 1. The first kappa shape index (κ1) is 21.4. The van der Waals surface area contributed by atoms with Crippen LogP contribution in [-0.4, -0.2) is 47.0 Å². The van der Waals surface area contributed by atoms with Crippen LogP contribution in [0.1, 0.15) is 60.4 Å². The smallest absolute Gasteiger partial charge is 0.303 e. The predicted molar refractivity (Wildman–Crippen MR) is 119 cm³/mol. The third kappa shape index (κ3) is 4.69. The van der Waals surface area contributed by atoms with Gasteiger partial charge in [-0.15, -0.1) is 0 Å². The number of rotatable bonds is 9. The molecule has 0 radical (unpaired) electrons. The van der Waals surface area contributed by atoms with Crippen molar-refractivity contribution in [3.05, 3.63) is 47.7 Å². The normalized spacial score (nSPS) is 21.9. The zero-order valence-corrected chi connectivity index (χ0v) is 18.2. The van der Waals surface area contributed by atoms with Gasteiger partial charge in [0.25, 0.3) is 5.91 Å². The third-order valence-corrected chi connectivity index (χ3v) is 6.56. The minimum atomic E-state index is -0.924. The van der Waals surface area contributed by atoms with Gasteiger partial charge < -0.3 is 19.5 Å². The van der Waals surface area contributed by atoms with Gasteiger partial charge in [-0.05, 0) is 36.1 Å². The van der Waals surface area contributed by atoms with Crippen molar-refractivity contribution < 1.29 is 29.0 Å². The van der Waals surface area contributed by atoms with Crippen molar-refractivity contribution in [3.8, 4) is 11.6 Å². The number of ketones is 1. The molecule has 1 amide bonds. The molecule has 0 spiro atoms. The zero-order valence-electron chi connectivity index (χ0n) is 18.2. The fourth-order valence-electron chi connectivity index (χ4n) is 4.59. The summed E-state index contributed by atoms with van der Waals surface area (Å²) in [5.41, 5.74) is 1.89. The van der Waals surface area contributed by atoms with Crippen molar-refractivity contribution in [2.45, 2.75) is 50.5 Å². The molecule has 1 saturated carbocycles. The van der Waals surface area contributed by atoms with Gasteiger partial charge in [-0.2, -0.15) is 0 Å². The number of amides is 1. The second-order valence-electron chi connectivity index (χ2n) is 8.99. The molecule has 3 aliphatic rings. The number of hydrogen-bond donors (Lipinski definition) is 1. The van der Waals surface area contributed by atoms with Gasteiger partial charge in [0, 0.05) is 42.6 Å². The van der Waals surface area contributed by atoms with E-state index in [0.29, 0.717) is 42.5 Å². The number of ether oxygens (including phenoxy) is 2. The van der Waals surface area contributed by atoms with Crippen LogP contribution in [0.25, 0.3) is 0 Å². The average Bonchev–Trinajstić information content (AvgIpc) is 3.48. The summed E-state index contributed by atoms with van der Waals surface area (Å²) >= 11 is 0. The molecule has 8 heteroatoms. The molecule has 1 saturated heterocycles. The number of benzene rings is 1. The maximum Gasteiger partial charge on any atom is 0.303 e. The van der Waals surface area contributed by atoms with Crippen molar-refractivity contribution in [1.29, 1.82) is 0 Å². The molecule has 2 aliphatic carbocycles. The van der Waals surface area contributed by atoms with E-state index in [1.165, 1.54) is 12.8 Å². The van der Waals surface area contributed by atoms with Crippen LogP contribution in [0, 0.1) is 5.92 Å². The summed E-state index contributed by atoms with van der Waals surface area (Å²) in [6, 6.07) is 8.76. The largest absolute Gasteiger partial charge is 0.481 e. The monoisotopic (exact) mass is 450 g/mol. The van der Waals surface area contributed by atoms with Crippen molar-refractivity contribution in [2.75, 3.05) is 18.1 Å². The first-order valence-corrected chi connectivity index (χ1v) is 11.4. The number of Topliss-reactive ketones (excluding diaryl/α,β-unsaturated/α-hetero) is 1. The Morgan fingerprint density at radius 3 is 2.73 bits per heavy atom. The number of anilines is 1. The van der Waals surface area contributed by atoms with Gasteiger partial charge in [0.05, 0.1) is 19.2 Å². The Bertz CT molecular complexity index is 1080. The van der Waals surface area contributed by atoms with Crippen molar-refractivity contribution in [3.63, 3.8) is 0 Å². The van der Waals surface area contributed by atoms with E-state index in [2.05, 4.69) is 4.98 Å². The Labute approximate surface area is 191 Å². The summed E-state index contributed by atoms with van der Waals surface area (Å²) in [5.74, 6) is 0.371. The molecule has 2 fully saturated rings. The summed E-state index contributed by atoms with van der Waals surface area (Å²) in [7, 11) is 0. The van der Waals surface area contributed by atoms with Crippen LogP contribution < -0.4 is 14.4 Å². The van der Waals surface area contributed by atoms with Gasteiger partial charge in [-0.25, -0.2) is 4.98 Å². The lowest BCUT2D eigenvalue weighted by Crippen LogP contribution is -2.32. The number of fused-ring (bicyclic) bond motifs is 1. The van der Waals surface area contributed by atoms with Crippen LogP contribution in [0.4, 0.5) is 5.69 Å². The number of nitrogens with zero attached hydrogens (tertiary/aromatic N) is 2. The molecular formula is C25H26N2O6. The van der Waals surface area contributed by atoms with E-state index in [-0.39, 0.29) is 30.4 Å². The van der Waals surface area contributed by atoms with E-state index >= 15 is 0 Å². The van der Waals surface area contributed by atoms with Gasteiger partial charge >= 0.3 is 5.97 Å². The topological polar surface area (TPSA) is 106 Å². The van der Waals surface area contributed by atoms with Crippen LogP contribution in [0.5, 0.6) is 11.6 Å². The van der Waals surface area contributed by atoms with Gasteiger partial charge in [0.2, 0.25) is 5.88 Å². The summed E-state index contributed by atoms with van der Waals surface area (Å²) in [5, 5.41) is 9.08. The van der Waals surface area contributed by atoms with Gasteiger partial charge in [-0.3, -0.25) is 14.4 Å². The van der Waals surface area contributed by atoms with E-state index in [1.54, 1.807) is 41.4 Å². The maximum atomic E-state index is 13.0. The summed E-state index contributed by atoms with van der Waals surface area (Å²) < 4.78 is 11.5. The number of aliphatic carboxylic acids is 1. The lowest BCUT2D eigenvalue weighted by molar-refractivity contribution is -0.137. The molecule has 5 rings (SSSR count). The summed E-state index contributed by atoms with van der Waals surface area (Å²) in [6.45, 7) is 1.14. The first-order chi connectivity index (χ1) is 16.0. The molecule has 1 aliphatic heterocycles. The Morgan fingerprint density at radius 2 is 2.00 bits per heavy atom. The summed E-state index contributed by atoms with van der Waals surface area (Å²) in [4.78, 5) is 42.3. The second kappa shape index (κ2) is 8.84. The molecule has 2 aromatic rings. The van der Waals surface area contributed by atoms with E-state index < -0.39 is 12.1 Å². The SMILES string of the molecule is O=C(O)CC1CC(=O)c2cc(N3CCC(Oc4ccc(OCCC5CC5)nc4)C3=O)ccc21. The highest BCUT2D eigenvalue weighted by atomic mass is 16.5. The second-order valence-corrected chi connectivity index (χ2v) is 8.99. The number of carbonyl (C=O) groups is 3. The van der Waals surface area contributed by atoms with Crippen LogP contribution >= 0.6 is 0 Å². The fourth-order valence-corrected chi connectivity index (χ4v) is 4.59. The molecule has 1 aromatic carbocycles. The van der Waals surface area contributed by atoms with Crippen LogP contribution in [-0.2, 0) is 9.59 Å². The highest BCUT2D eigenvalue weighted by Crippen LogP contribution is 2.38. The minimum Gasteiger partial charge on any atom is -0.481 e. The van der Waals surface area contributed by atoms with Crippen LogP contribution in [0.2, 0.25) is 0 Å². The lowest BCUT2D eigenvalue weighted by Gasteiger charge is -2.18. The Morgan fingerprint density at radius 1 is 1.15 bits per heavy atom. The lowest BCUT2D eigenvalue weighted by atomic mass is 9.97. The van der Waals surface area contributed by atoms with E-state index in [4.69, 9.17) is 14.6 Å². The minimum absolute atomic E-state index is 0.0744. The number of pyridine rings is 1. The molecule has 8 nitrogen and oxygen atoms in total. The number of carboxylic acid groups (broad SMARTS) is 1. The number of aromatic nitrogens is 1. The quantitative estimate of drug-likeness (QED) is 0.622. The molecule has 2 heterocycles. The highest BCUT2D eigenvalue weighted by molar-refractivity contribution is 6.04. The van der Waals surface area contributed by atoms with E-state index in [0.717, 1.165) is 17.9 Å². The van der Waals surface area contributed by atoms with Gasteiger partial charge in [-0.1, -0.05) is 18.9 Å². The number of carbonyl (C=O) groups excluding carboxylic acids is 2. The third-order valence-electron chi connectivity index (χ3n) is 6.56. The van der Waals surface area contributed by atoms with Crippen molar-refractivity contribution in [1.82, 2.24) is 4.98 Å². The number of hydrogen-bond acceptors (Lipinski definition) is 6. The average molecular weight is 450 g/mol. The zero-order chi connectivity index (χ0) is 22.9. The Hall–Kier alpha value is -3.42. The molecule has 33 heavy (non-hydrogen) atoms.